The number of carboxylic acids is 1. The lowest BCUT2D eigenvalue weighted by atomic mass is 9.96. The first-order chi connectivity index (χ1) is 7.92. The topological polar surface area (TPSA) is 78.4 Å². The molecule has 2 atom stereocenters. The van der Waals surface area contributed by atoms with Crippen LogP contribution in [0.4, 0.5) is 0 Å². The van der Waals surface area contributed by atoms with Gasteiger partial charge in [-0.2, -0.15) is 0 Å². The Kier molecular flexibility index (Phi) is 7.54. The van der Waals surface area contributed by atoms with Gasteiger partial charge in [0.25, 0.3) is 0 Å². The van der Waals surface area contributed by atoms with Gasteiger partial charge in [-0.05, 0) is 6.42 Å². The molecule has 5 heteroatoms. The lowest BCUT2D eigenvalue weighted by Crippen LogP contribution is -2.49. The summed E-state index contributed by atoms with van der Waals surface area (Å²) in [5, 5.41) is 14.9. The summed E-state index contributed by atoms with van der Waals surface area (Å²) in [5.74, 6) is -1.00. The number of carbonyl (C=O) groups is 2. The summed E-state index contributed by atoms with van der Waals surface area (Å²) in [6.07, 6.45) is 1.13. The van der Waals surface area contributed by atoms with E-state index in [-0.39, 0.29) is 17.9 Å². The van der Waals surface area contributed by atoms with Crippen molar-refractivity contribution in [2.45, 2.75) is 52.6 Å². The maximum Gasteiger partial charge on any atom is 0.321 e. The van der Waals surface area contributed by atoms with Crippen molar-refractivity contribution < 1.29 is 14.7 Å². The largest absolute Gasteiger partial charge is 0.480 e. The van der Waals surface area contributed by atoms with E-state index in [2.05, 4.69) is 10.6 Å². The number of carboxylic acid groups (broad SMARTS) is 1. The van der Waals surface area contributed by atoms with Crippen LogP contribution < -0.4 is 10.6 Å². The zero-order valence-electron chi connectivity index (χ0n) is 11.1. The number of hydrogen-bond acceptors (Lipinski definition) is 3. The third-order valence-corrected chi connectivity index (χ3v) is 2.66. The molecule has 0 rings (SSSR count). The summed E-state index contributed by atoms with van der Waals surface area (Å²) in [6.45, 7) is 7.93. The van der Waals surface area contributed by atoms with E-state index in [1.807, 2.05) is 20.8 Å². The first-order valence-corrected chi connectivity index (χ1v) is 6.17. The molecule has 0 saturated heterocycles. The molecule has 2 unspecified atom stereocenters. The Bertz CT molecular complexity index is 254. The Hall–Kier alpha value is -1.10. The van der Waals surface area contributed by atoms with Crippen molar-refractivity contribution in [1.82, 2.24) is 10.6 Å². The van der Waals surface area contributed by atoms with Crippen LogP contribution in [0.5, 0.6) is 0 Å². The van der Waals surface area contributed by atoms with Crippen molar-refractivity contribution in [3.63, 3.8) is 0 Å². The zero-order valence-corrected chi connectivity index (χ0v) is 11.1. The van der Waals surface area contributed by atoms with E-state index in [0.29, 0.717) is 19.4 Å². The molecule has 0 aliphatic carbocycles. The monoisotopic (exact) mass is 244 g/mol. The highest BCUT2D eigenvalue weighted by molar-refractivity contribution is 5.76. The van der Waals surface area contributed by atoms with E-state index in [4.69, 9.17) is 0 Å². The van der Waals surface area contributed by atoms with Gasteiger partial charge in [-0.1, -0.05) is 27.7 Å². The molecule has 0 aromatic heterocycles. The summed E-state index contributed by atoms with van der Waals surface area (Å²) in [7, 11) is 0. The molecule has 17 heavy (non-hydrogen) atoms. The van der Waals surface area contributed by atoms with Gasteiger partial charge in [-0.3, -0.25) is 9.59 Å². The second kappa shape index (κ2) is 8.06. The number of carbonyl (C=O) groups excluding carboxylic acids is 1. The van der Waals surface area contributed by atoms with Crippen molar-refractivity contribution in [3.05, 3.63) is 0 Å². The molecule has 3 N–H and O–H groups in total. The summed E-state index contributed by atoms with van der Waals surface area (Å²) in [6, 6.07) is -0.510. The van der Waals surface area contributed by atoms with Crippen LogP contribution in [0.2, 0.25) is 0 Å². The lowest BCUT2D eigenvalue weighted by Gasteiger charge is -2.25. The van der Waals surface area contributed by atoms with Gasteiger partial charge < -0.3 is 15.7 Å². The molecule has 0 fully saturated rings. The maximum absolute atomic E-state index is 11.2. The minimum atomic E-state index is -0.865. The fraction of sp³-hybridized carbons (Fsp3) is 0.833. The zero-order chi connectivity index (χ0) is 13.4. The van der Waals surface area contributed by atoms with Crippen LogP contribution in [0.25, 0.3) is 0 Å². The molecule has 0 aromatic carbocycles. The quantitative estimate of drug-likeness (QED) is 0.595. The predicted octanol–water partition coefficient (Wildman–Crippen LogP) is 0.990. The Morgan fingerprint density at radius 3 is 2.18 bits per heavy atom. The normalized spacial score (nSPS) is 14.4. The molecular weight excluding hydrogens is 220 g/mol. The maximum atomic E-state index is 11.2. The van der Waals surface area contributed by atoms with E-state index in [0.717, 1.165) is 0 Å². The third-order valence-electron chi connectivity index (χ3n) is 2.66. The second-order valence-corrected chi connectivity index (χ2v) is 4.46. The molecule has 0 radical (unpaired) electrons. The summed E-state index contributed by atoms with van der Waals surface area (Å²) < 4.78 is 0. The van der Waals surface area contributed by atoms with Crippen LogP contribution in [-0.2, 0) is 9.59 Å². The average molecular weight is 244 g/mol. The van der Waals surface area contributed by atoms with Gasteiger partial charge in [0.15, 0.2) is 0 Å². The van der Waals surface area contributed by atoms with Crippen molar-refractivity contribution in [1.29, 1.82) is 0 Å². The molecule has 100 valence electrons. The van der Waals surface area contributed by atoms with Crippen LogP contribution in [-0.4, -0.2) is 35.6 Å². The third kappa shape index (κ3) is 6.26. The van der Waals surface area contributed by atoms with Gasteiger partial charge in [0.05, 0.1) is 0 Å². The minimum absolute atomic E-state index is 0.0443. The van der Waals surface area contributed by atoms with Crippen molar-refractivity contribution in [2.24, 2.45) is 5.92 Å². The van der Waals surface area contributed by atoms with Crippen molar-refractivity contribution in [3.8, 4) is 0 Å². The van der Waals surface area contributed by atoms with Gasteiger partial charge in [0.1, 0.15) is 6.04 Å². The molecule has 1 amide bonds. The number of rotatable bonds is 8. The Labute approximate surface area is 103 Å². The fourth-order valence-electron chi connectivity index (χ4n) is 1.64. The number of hydrogen-bond donors (Lipinski definition) is 3. The van der Waals surface area contributed by atoms with Gasteiger partial charge >= 0.3 is 5.97 Å². The summed E-state index contributed by atoms with van der Waals surface area (Å²) in [5.41, 5.74) is 0. The summed E-state index contributed by atoms with van der Waals surface area (Å²) >= 11 is 0. The highest BCUT2D eigenvalue weighted by Crippen LogP contribution is 2.09. The molecule has 0 aliphatic rings. The lowest BCUT2D eigenvalue weighted by molar-refractivity contribution is -0.141. The Morgan fingerprint density at radius 2 is 1.82 bits per heavy atom. The first kappa shape index (κ1) is 15.9. The molecule has 0 spiro atoms. The Balaban J connectivity index is 4.45. The minimum Gasteiger partial charge on any atom is -0.480 e. The molecular formula is C12H24N2O3. The molecule has 0 heterocycles. The van der Waals surface area contributed by atoms with E-state index in [1.165, 1.54) is 0 Å². The fourth-order valence-corrected chi connectivity index (χ4v) is 1.64. The highest BCUT2D eigenvalue weighted by Gasteiger charge is 2.27. The number of amides is 1. The van der Waals surface area contributed by atoms with Crippen LogP contribution in [0.1, 0.15) is 40.5 Å². The second-order valence-electron chi connectivity index (χ2n) is 4.46. The summed E-state index contributed by atoms with van der Waals surface area (Å²) in [4.78, 5) is 22.3. The highest BCUT2D eigenvalue weighted by atomic mass is 16.4. The van der Waals surface area contributed by atoms with Gasteiger partial charge in [-0.25, -0.2) is 0 Å². The van der Waals surface area contributed by atoms with Crippen LogP contribution in [0.15, 0.2) is 0 Å². The van der Waals surface area contributed by atoms with E-state index in [1.54, 1.807) is 6.92 Å². The van der Waals surface area contributed by atoms with Gasteiger partial charge in [-0.15, -0.1) is 0 Å². The Morgan fingerprint density at radius 1 is 1.24 bits per heavy atom. The molecule has 0 saturated carbocycles. The van der Waals surface area contributed by atoms with Crippen LogP contribution in [0, 0.1) is 5.92 Å². The molecule has 0 aromatic rings. The van der Waals surface area contributed by atoms with Crippen molar-refractivity contribution >= 4 is 11.9 Å². The van der Waals surface area contributed by atoms with Crippen molar-refractivity contribution in [2.75, 3.05) is 6.54 Å². The molecule has 0 bridgehead atoms. The molecule has 0 aliphatic heterocycles. The van der Waals surface area contributed by atoms with Gasteiger partial charge in [0, 0.05) is 24.9 Å². The number of aliphatic carboxylic acids is 1. The van der Waals surface area contributed by atoms with Crippen LogP contribution in [0.3, 0.4) is 0 Å². The predicted molar refractivity (Wildman–Crippen MR) is 66.8 cm³/mol. The first-order valence-electron chi connectivity index (χ1n) is 6.17. The smallest absolute Gasteiger partial charge is 0.321 e. The standard InChI is InChI=1S/C12H24N2O3/c1-5-9(7-13-10(15)6-2)11(12(16)17)14-8(3)4/h8-9,11,14H,5-7H2,1-4H3,(H,13,15)(H,16,17). The molecule has 5 nitrogen and oxygen atoms in total. The average Bonchev–Trinajstić information content (AvgIpc) is 2.27. The van der Waals surface area contributed by atoms with E-state index >= 15 is 0 Å². The van der Waals surface area contributed by atoms with Gasteiger partial charge in [0.2, 0.25) is 5.91 Å². The van der Waals surface area contributed by atoms with E-state index < -0.39 is 12.0 Å². The number of nitrogens with one attached hydrogen (secondary N) is 2. The van der Waals surface area contributed by atoms with E-state index in [9.17, 15) is 14.7 Å². The van der Waals surface area contributed by atoms with Crippen LogP contribution >= 0.6 is 0 Å². The SMILES string of the molecule is CCC(=O)NCC(CC)C(NC(C)C)C(=O)O.